The molecular weight excluding hydrogens is 314 g/mol. The first-order chi connectivity index (χ1) is 8.82. The third-order valence-electron chi connectivity index (χ3n) is 2.81. The van der Waals surface area contributed by atoms with Crippen molar-refractivity contribution in [3.63, 3.8) is 0 Å². The highest BCUT2D eigenvalue weighted by Gasteiger charge is 2.22. The van der Waals surface area contributed by atoms with Gasteiger partial charge in [0.15, 0.2) is 0 Å². The van der Waals surface area contributed by atoms with Crippen molar-refractivity contribution in [2.45, 2.75) is 13.8 Å². The summed E-state index contributed by atoms with van der Waals surface area (Å²) in [6.45, 7) is 3.59. The molecule has 104 valence electrons. The minimum Gasteiger partial charge on any atom is -0.507 e. The molecule has 0 saturated heterocycles. The van der Waals surface area contributed by atoms with Gasteiger partial charge >= 0.3 is 5.97 Å². The van der Waals surface area contributed by atoms with Gasteiger partial charge in [-0.1, -0.05) is 29.8 Å². The predicted octanol–water partition coefficient (Wildman–Crippen LogP) is 2.24. The number of hydrogen-bond acceptors (Lipinski definition) is 3. The average molecular weight is 330 g/mol. The van der Waals surface area contributed by atoms with E-state index in [1.165, 1.54) is 12.1 Å². The topological polar surface area (TPSA) is 86.6 Å². The molecular formula is C13H16BrNO4. The molecule has 3 N–H and O–H groups in total. The molecule has 0 saturated carbocycles. The number of aliphatic carboxylic acids is 1. The van der Waals surface area contributed by atoms with Crippen LogP contribution in [-0.4, -0.2) is 28.6 Å². The summed E-state index contributed by atoms with van der Waals surface area (Å²) in [5, 5.41) is 21.2. The van der Waals surface area contributed by atoms with Gasteiger partial charge in [-0.15, -0.1) is 0 Å². The van der Waals surface area contributed by atoms with Crippen LogP contribution >= 0.6 is 15.9 Å². The van der Waals surface area contributed by atoms with Crippen LogP contribution in [0.2, 0.25) is 0 Å². The zero-order valence-corrected chi connectivity index (χ0v) is 12.3. The number of benzene rings is 1. The fraction of sp³-hybridized carbons (Fsp3) is 0.385. The van der Waals surface area contributed by atoms with Gasteiger partial charge in [-0.2, -0.15) is 0 Å². The molecule has 6 heteroatoms. The number of amides is 1. The first-order valence-corrected chi connectivity index (χ1v) is 6.61. The molecule has 1 aromatic rings. The summed E-state index contributed by atoms with van der Waals surface area (Å²) >= 11 is 3.18. The van der Waals surface area contributed by atoms with E-state index in [9.17, 15) is 14.7 Å². The van der Waals surface area contributed by atoms with Crippen molar-refractivity contribution in [1.29, 1.82) is 0 Å². The highest BCUT2D eigenvalue weighted by Crippen LogP contribution is 2.22. The SMILES string of the molecule is CC(C)C(CNC(=O)c1ccc(Br)cc1O)C(=O)O. The average Bonchev–Trinajstić information content (AvgIpc) is 2.27. The molecule has 0 heterocycles. The van der Waals surface area contributed by atoms with Crippen LogP contribution < -0.4 is 5.32 Å². The Labute approximate surface area is 119 Å². The van der Waals surface area contributed by atoms with Crippen LogP contribution in [0.3, 0.4) is 0 Å². The molecule has 5 nitrogen and oxygen atoms in total. The van der Waals surface area contributed by atoms with Crippen LogP contribution in [-0.2, 0) is 4.79 Å². The van der Waals surface area contributed by atoms with E-state index in [1.54, 1.807) is 19.9 Å². The van der Waals surface area contributed by atoms with Gasteiger partial charge in [0.1, 0.15) is 5.75 Å². The first kappa shape index (κ1) is 15.5. The molecule has 1 atom stereocenters. The summed E-state index contributed by atoms with van der Waals surface area (Å²) < 4.78 is 0.659. The molecule has 0 aromatic heterocycles. The summed E-state index contributed by atoms with van der Waals surface area (Å²) in [4.78, 5) is 22.8. The Morgan fingerprint density at radius 3 is 2.47 bits per heavy atom. The van der Waals surface area contributed by atoms with E-state index < -0.39 is 17.8 Å². The molecule has 0 aliphatic carbocycles. The lowest BCUT2D eigenvalue weighted by molar-refractivity contribution is -0.142. The number of phenolic OH excluding ortho intramolecular Hbond substituents is 1. The lowest BCUT2D eigenvalue weighted by Gasteiger charge is -2.16. The number of nitrogens with one attached hydrogen (secondary N) is 1. The Morgan fingerprint density at radius 1 is 1.37 bits per heavy atom. The van der Waals surface area contributed by atoms with Crippen molar-refractivity contribution < 1.29 is 19.8 Å². The standard InChI is InChI=1S/C13H16BrNO4/c1-7(2)10(13(18)19)6-15-12(17)9-4-3-8(14)5-11(9)16/h3-5,7,10,16H,6H2,1-2H3,(H,15,17)(H,18,19). The van der Waals surface area contributed by atoms with Crippen molar-refractivity contribution >= 4 is 27.8 Å². The maximum atomic E-state index is 11.8. The second-order valence-corrected chi connectivity index (χ2v) is 5.48. The van der Waals surface area contributed by atoms with E-state index in [-0.39, 0.29) is 23.8 Å². The minimum absolute atomic E-state index is 0.0291. The number of phenols is 1. The van der Waals surface area contributed by atoms with E-state index in [1.807, 2.05) is 0 Å². The van der Waals surface area contributed by atoms with E-state index in [0.717, 1.165) is 0 Å². The van der Waals surface area contributed by atoms with Gasteiger partial charge < -0.3 is 15.5 Å². The van der Waals surface area contributed by atoms with Crippen molar-refractivity contribution in [3.8, 4) is 5.75 Å². The number of rotatable bonds is 5. The van der Waals surface area contributed by atoms with Crippen molar-refractivity contribution in [1.82, 2.24) is 5.32 Å². The van der Waals surface area contributed by atoms with Crippen LogP contribution in [0, 0.1) is 11.8 Å². The molecule has 0 bridgehead atoms. The van der Waals surface area contributed by atoms with Crippen LogP contribution in [0.1, 0.15) is 24.2 Å². The lowest BCUT2D eigenvalue weighted by Crippen LogP contribution is -2.35. The van der Waals surface area contributed by atoms with Gasteiger partial charge in [0, 0.05) is 11.0 Å². The zero-order valence-electron chi connectivity index (χ0n) is 10.7. The fourth-order valence-corrected chi connectivity index (χ4v) is 1.95. The van der Waals surface area contributed by atoms with Crippen LogP contribution in [0.5, 0.6) is 5.75 Å². The molecule has 0 radical (unpaired) electrons. The smallest absolute Gasteiger partial charge is 0.308 e. The summed E-state index contributed by atoms with van der Waals surface area (Å²) in [6.07, 6.45) is 0. The molecule has 0 aliphatic rings. The highest BCUT2D eigenvalue weighted by molar-refractivity contribution is 9.10. The fourth-order valence-electron chi connectivity index (χ4n) is 1.60. The van der Waals surface area contributed by atoms with Gasteiger partial charge in [-0.05, 0) is 24.1 Å². The van der Waals surface area contributed by atoms with Gasteiger partial charge in [-0.25, -0.2) is 0 Å². The molecule has 0 fully saturated rings. The number of carboxylic acids is 1. The Kier molecular flexibility index (Phi) is 5.35. The summed E-state index contributed by atoms with van der Waals surface area (Å²) in [6, 6.07) is 4.51. The van der Waals surface area contributed by atoms with Crippen LogP contribution in [0.25, 0.3) is 0 Å². The molecule has 0 aliphatic heterocycles. The van der Waals surface area contributed by atoms with E-state index in [0.29, 0.717) is 4.47 Å². The number of hydrogen-bond donors (Lipinski definition) is 3. The van der Waals surface area contributed by atoms with Crippen LogP contribution in [0.15, 0.2) is 22.7 Å². The first-order valence-electron chi connectivity index (χ1n) is 5.82. The number of carbonyl (C=O) groups is 2. The molecule has 19 heavy (non-hydrogen) atoms. The summed E-state index contributed by atoms with van der Waals surface area (Å²) in [7, 11) is 0. The Hall–Kier alpha value is -1.56. The van der Waals surface area contributed by atoms with Crippen molar-refractivity contribution in [3.05, 3.63) is 28.2 Å². The third-order valence-corrected chi connectivity index (χ3v) is 3.30. The maximum absolute atomic E-state index is 11.8. The van der Waals surface area contributed by atoms with E-state index in [4.69, 9.17) is 5.11 Å². The summed E-state index contributed by atoms with van der Waals surface area (Å²) in [5.41, 5.74) is 0.121. The monoisotopic (exact) mass is 329 g/mol. The second-order valence-electron chi connectivity index (χ2n) is 4.56. The predicted molar refractivity (Wildman–Crippen MR) is 74.1 cm³/mol. The maximum Gasteiger partial charge on any atom is 0.308 e. The minimum atomic E-state index is -0.949. The molecule has 1 aromatic carbocycles. The third kappa shape index (κ3) is 4.24. The zero-order chi connectivity index (χ0) is 14.6. The van der Waals surface area contributed by atoms with Gasteiger partial charge in [0.25, 0.3) is 5.91 Å². The summed E-state index contributed by atoms with van der Waals surface area (Å²) in [5.74, 6) is -2.33. The number of halogens is 1. The Balaban J connectivity index is 2.72. The number of carbonyl (C=O) groups excluding carboxylic acids is 1. The van der Waals surface area contributed by atoms with Crippen molar-refractivity contribution in [2.24, 2.45) is 11.8 Å². The number of aromatic hydroxyl groups is 1. The second kappa shape index (κ2) is 6.56. The Morgan fingerprint density at radius 2 is 2.00 bits per heavy atom. The van der Waals surface area contributed by atoms with E-state index in [2.05, 4.69) is 21.2 Å². The van der Waals surface area contributed by atoms with Crippen LogP contribution in [0.4, 0.5) is 0 Å². The normalized spacial score (nSPS) is 12.2. The van der Waals surface area contributed by atoms with Crippen molar-refractivity contribution in [2.75, 3.05) is 6.54 Å². The largest absolute Gasteiger partial charge is 0.507 e. The van der Waals surface area contributed by atoms with Gasteiger partial charge in [0.05, 0.1) is 11.5 Å². The molecule has 1 rings (SSSR count). The number of carboxylic acid groups (broad SMARTS) is 1. The molecule has 1 amide bonds. The van der Waals surface area contributed by atoms with Gasteiger partial charge in [0.2, 0.25) is 0 Å². The Bertz CT molecular complexity index is 488. The quantitative estimate of drug-likeness (QED) is 0.773. The lowest BCUT2D eigenvalue weighted by atomic mass is 9.96. The molecule has 0 spiro atoms. The molecule has 1 unspecified atom stereocenters. The van der Waals surface area contributed by atoms with E-state index >= 15 is 0 Å². The van der Waals surface area contributed by atoms with Gasteiger partial charge in [-0.3, -0.25) is 9.59 Å². The highest BCUT2D eigenvalue weighted by atomic mass is 79.9.